The molecule has 1 N–H and O–H groups in total. The fourth-order valence-electron chi connectivity index (χ4n) is 3.14. The van der Waals surface area contributed by atoms with Crippen LogP contribution in [0.4, 0.5) is 0 Å². The Balaban J connectivity index is 2.27. The van der Waals surface area contributed by atoms with E-state index in [0.29, 0.717) is 30.5 Å². The average molecular weight is 415 g/mol. The molecule has 5 heteroatoms. The molecule has 0 fully saturated rings. The number of hydrogen-bond acceptors (Lipinski definition) is 2. The van der Waals surface area contributed by atoms with Crippen molar-refractivity contribution in [2.45, 2.75) is 53.1 Å². The molecule has 0 unspecified atom stereocenters. The first kappa shape index (κ1) is 23.0. The molecule has 2 aromatic rings. The van der Waals surface area contributed by atoms with Crippen molar-refractivity contribution in [2.75, 3.05) is 6.54 Å². The van der Waals surface area contributed by atoms with E-state index in [9.17, 15) is 9.59 Å². The first-order valence-electron chi connectivity index (χ1n) is 10.2. The summed E-state index contributed by atoms with van der Waals surface area (Å²) in [6.07, 6.45) is 0.712. The molecule has 0 heterocycles. The van der Waals surface area contributed by atoms with E-state index in [1.807, 2.05) is 70.2 Å². The van der Waals surface area contributed by atoms with Crippen molar-refractivity contribution in [1.82, 2.24) is 10.2 Å². The Labute approximate surface area is 179 Å². The molecule has 2 rings (SSSR count). The van der Waals surface area contributed by atoms with Crippen molar-refractivity contribution in [3.05, 3.63) is 70.2 Å². The number of aryl methyl sites for hydroxylation is 1. The predicted octanol–water partition coefficient (Wildman–Crippen LogP) is 4.77. The highest BCUT2D eigenvalue weighted by Gasteiger charge is 2.28. The number of nitrogens with one attached hydrogen (secondary N) is 1. The van der Waals surface area contributed by atoms with Crippen LogP contribution in [0.2, 0.25) is 5.02 Å². The zero-order valence-electron chi connectivity index (χ0n) is 17.7. The summed E-state index contributed by atoms with van der Waals surface area (Å²) in [4.78, 5) is 27.8. The number of amides is 2. The highest BCUT2D eigenvalue weighted by Crippen LogP contribution is 2.19. The van der Waals surface area contributed by atoms with Gasteiger partial charge in [0.05, 0.1) is 6.42 Å². The van der Waals surface area contributed by atoms with Crippen LogP contribution in [-0.2, 0) is 22.6 Å². The minimum Gasteiger partial charge on any atom is -0.354 e. The van der Waals surface area contributed by atoms with Crippen molar-refractivity contribution >= 4 is 23.4 Å². The molecule has 0 aromatic heterocycles. The first-order valence-corrected chi connectivity index (χ1v) is 10.6. The molecule has 2 amide bonds. The van der Waals surface area contributed by atoms with E-state index in [2.05, 4.69) is 5.32 Å². The van der Waals surface area contributed by atoms with Gasteiger partial charge in [0.25, 0.3) is 0 Å². The van der Waals surface area contributed by atoms with E-state index in [-0.39, 0.29) is 18.2 Å². The lowest BCUT2D eigenvalue weighted by molar-refractivity contribution is -0.141. The van der Waals surface area contributed by atoms with Crippen LogP contribution in [0, 0.1) is 12.8 Å². The van der Waals surface area contributed by atoms with Gasteiger partial charge in [-0.15, -0.1) is 0 Å². The molecular formula is C24H31ClN2O2. The molecule has 29 heavy (non-hydrogen) atoms. The van der Waals surface area contributed by atoms with Crippen molar-refractivity contribution in [3.63, 3.8) is 0 Å². The van der Waals surface area contributed by atoms with Crippen LogP contribution in [-0.4, -0.2) is 29.3 Å². The summed E-state index contributed by atoms with van der Waals surface area (Å²) < 4.78 is 0. The highest BCUT2D eigenvalue weighted by atomic mass is 35.5. The fraction of sp³-hybridized carbons (Fsp3) is 0.417. The Kier molecular flexibility index (Phi) is 8.71. The molecule has 0 saturated carbocycles. The summed E-state index contributed by atoms with van der Waals surface area (Å²) in [5.41, 5.74) is 2.92. The quantitative estimate of drug-likeness (QED) is 0.642. The number of nitrogens with zero attached hydrogens (tertiary/aromatic N) is 1. The van der Waals surface area contributed by atoms with Gasteiger partial charge in [-0.2, -0.15) is 0 Å². The van der Waals surface area contributed by atoms with Crippen LogP contribution in [0.25, 0.3) is 0 Å². The fourth-order valence-corrected chi connectivity index (χ4v) is 3.34. The second kappa shape index (κ2) is 11.0. The zero-order valence-corrected chi connectivity index (χ0v) is 18.5. The van der Waals surface area contributed by atoms with Gasteiger partial charge in [-0.3, -0.25) is 9.59 Å². The van der Waals surface area contributed by atoms with Crippen molar-refractivity contribution in [3.8, 4) is 0 Å². The van der Waals surface area contributed by atoms with Crippen LogP contribution in [0.15, 0.2) is 48.5 Å². The van der Waals surface area contributed by atoms with Crippen LogP contribution in [0.1, 0.15) is 43.9 Å². The molecule has 0 radical (unpaired) electrons. The van der Waals surface area contributed by atoms with Gasteiger partial charge < -0.3 is 10.2 Å². The molecule has 4 nitrogen and oxygen atoms in total. The maximum Gasteiger partial charge on any atom is 0.242 e. The summed E-state index contributed by atoms with van der Waals surface area (Å²) in [5, 5.41) is 3.54. The van der Waals surface area contributed by atoms with Gasteiger partial charge >= 0.3 is 0 Å². The monoisotopic (exact) mass is 414 g/mol. The lowest BCUT2D eigenvalue weighted by Gasteiger charge is -2.31. The largest absolute Gasteiger partial charge is 0.354 e. The third kappa shape index (κ3) is 6.90. The minimum atomic E-state index is -0.523. The van der Waals surface area contributed by atoms with E-state index in [1.165, 1.54) is 0 Å². The second-order valence-electron chi connectivity index (χ2n) is 7.84. The normalized spacial score (nSPS) is 11.9. The van der Waals surface area contributed by atoms with Crippen molar-refractivity contribution in [1.29, 1.82) is 0 Å². The molecule has 0 aliphatic rings. The van der Waals surface area contributed by atoms with Crippen LogP contribution in [0.5, 0.6) is 0 Å². The van der Waals surface area contributed by atoms with E-state index in [4.69, 9.17) is 11.6 Å². The number of benzene rings is 2. The molecule has 0 bridgehead atoms. The molecule has 0 aliphatic heterocycles. The van der Waals surface area contributed by atoms with E-state index in [0.717, 1.165) is 16.7 Å². The maximum atomic E-state index is 13.3. The second-order valence-corrected chi connectivity index (χ2v) is 8.25. The number of rotatable bonds is 9. The Morgan fingerprint density at radius 2 is 1.72 bits per heavy atom. The number of carbonyl (C=O) groups is 2. The molecule has 0 spiro atoms. The van der Waals surface area contributed by atoms with Crippen molar-refractivity contribution in [2.24, 2.45) is 5.92 Å². The average Bonchev–Trinajstić information content (AvgIpc) is 2.69. The van der Waals surface area contributed by atoms with E-state index < -0.39 is 6.04 Å². The van der Waals surface area contributed by atoms with Gasteiger partial charge in [0.15, 0.2) is 0 Å². The highest BCUT2D eigenvalue weighted by molar-refractivity contribution is 6.31. The lowest BCUT2D eigenvalue weighted by atomic mass is 10.1. The minimum absolute atomic E-state index is 0.106. The number of hydrogen-bond donors (Lipinski definition) is 1. The zero-order chi connectivity index (χ0) is 21.4. The van der Waals surface area contributed by atoms with E-state index in [1.54, 1.807) is 11.0 Å². The topological polar surface area (TPSA) is 49.4 Å². The molecule has 0 aliphatic carbocycles. The number of halogens is 1. The Hall–Kier alpha value is -2.33. The summed E-state index contributed by atoms with van der Waals surface area (Å²) in [6, 6.07) is 14.9. The van der Waals surface area contributed by atoms with Crippen LogP contribution < -0.4 is 5.32 Å². The third-order valence-corrected chi connectivity index (χ3v) is 5.21. The van der Waals surface area contributed by atoms with Crippen molar-refractivity contribution < 1.29 is 9.59 Å². The molecule has 1 atom stereocenters. The standard InChI is InChI=1S/C24H31ClN2O2/c1-5-22(24(29)26-15-17(2)3)27(16-19-12-10-18(4)11-13-19)23(28)14-20-8-6-7-9-21(20)25/h6-13,17,22H,5,14-16H2,1-4H3,(H,26,29)/t22-/m1/s1. The maximum absolute atomic E-state index is 13.3. The van der Waals surface area contributed by atoms with Gasteiger partial charge in [0, 0.05) is 18.1 Å². The third-order valence-electron chi connectivity index (χ3n) is 4.84. The Bertz CT molecular complexity index is 818. The smallest absolute Gasteiger partial charge is 0.242 e. The first-order chi connectivity index (χ1) is 13.8. The lowest BCUT2D eigenvalue weighted by Crippen LogP contribution is -2.50. The summed E-state index contributed by atoms with van der Waals surface area (Å²) in [5.74, 6) is 0.131. The van der Waals surface area contributed by atoms with Gasteiger partial charge in [0.1, 0.15) is 6.04 Å². The molecule has 156 valence electrons. The van der Waals surface area contributed by atoms with E-state index >= 15 is 0 Å². The summed E-state index contributed by atoms with van der Waals surface area (Å²) in [6.45, 7) is 9.04. The molecular weight excluding hydrogens is 384 g/mol. The Morgan fingerprint density at radius 1 is 1.07 bits per heavy atom. The molecule has 2 aromatic carbocycles. The van der Waals surface area contributed by atoms with Gasteiger partial charge in [-0.05, 0) is 36.5 Å². The van der Waals surface area contributed by atoms with Gasteiger partial charge in [-0.1, -0.05) is 80.4 Å². The summed E-state index contributed by atoms with van der Waals surface area (Å²) in [7, 11) is 0. The van der Waals surface area contributed by atoms with Gasteiger partial charge in [-0.25, -0.2) is 0 Å². The van der Waals surface area contributed by atoms with Gasteiger partial charge in [0.2, 0.25) is 11.8 Å². The summed E-state index contributed by atoms with van der Waals surface area (Å²) >= 11 is 6.26. The van der Waals surface area contributed by atoms with Crippen LogP contribution in [0.3, 0.4) is 0 Å². The predicted molar refractivity (Wildman–Crippen MR) is 119 cm³/mol. The number of carbonyl (C=O) groups excluding carboxylic acids is 2. The van der Waals surface area contributed by atoms with Crippen LogP contribution >= 0.6 is 11.6 Å². The molecule has 0 saturated heterocycles. The SMILES string of the molecule is CC[C@H](C(=O)NCC(C)C)N(Cc1ccc(C)cc1)C(=O)Cc1ccccc1Cl. The Morgan fingerprint density at radius 3 is 2.31 bits per heavy atom.